The van der Waals surface area contributed by atoms with Crippen molar-refractivity contribution >= 4 is 11.9 Å². The number of nitrogens with one attached hydrogen (secondary N) is 1. The summed E-state index contributed by atoms with van der Waals surface area (Å²) in [4.78, 5) is 21.0. The Kier molecular flexibility index (Phi) is 5.55. The van der Waals surface area contributed by atoms with Crippen LogP contribution in [0.1, 0.15) is 13.8 Å². The van der Waals surface area contributed by atoms with Gasteiger partial charge in [-0.1, -0.05) is 19.9 Å². The van der Waals surface area contributed by atoms with E-state index < -0.39 is 17.9 Å². The number of carbonyl (C=O) groups is 2. The molecule has 0 bridgehead atoms. The summed E-state index contributed by atoms with van der Waals surface area (Å²) in [7, 11) is 0. The fourth-order valence-corrected chi connectivity index (χ4v) is 1.02. The minimum Gasteiger partial charge on any atom is -0.478 e. The van der Waals surface area contributed by atoms with Gasteiger partial charge in [-0.3, -0.25) is 4.79 Å². The van der Waals surface area contributed by atoms with E-state index in [1.54, 1.807) is 0 Å². The van der Waals surface area contributed by atoms with Crippen molar-refractivity contribution in [3.63, 3.8) is 0 Å². The zero-order valence-corrected chi connectivity index (χ0v) is 8.36. The van der Waals surface area contributed by atoms with Gasteiger partial charge in [0.2, 0.25) is 5.91 Å². The Morgan fingerprint density at radius 3 is 2.43 bits per heavy atom. The Hall–Kier alpha value is -1.36. The first-order valence-corrected chi connectivity index (χ1v) is 4.37. The topological polar surface area (TPSA) is 92.4 Å². The van der Waals surface area contributed by atoms with Crippen LogP contribution in [0.25, 0.3) is 0 Å². The molecule has 0 aliphatic heterocycles. The number of nitrogens with two attached hydrogens (primary N) is 1. The van der Waals surface area contributed by atoms with Gasteiger partial charge in [0.1, 0.15) is 0 Å². The molecule has 5 nitrogen and oxygen atoms in total. The molecule has 0 aromatic carbocycles. The molecule has 0 heterocycles. The Bertz CT molecular complexity index is 236. The molecular weight excluding hydrogens is 184 g/mol. The highest BCUT2D eigenvalue weighted by Gasteiger charge is 2.17. The van der Waals surface area contributed by atoms with Crippen LogP contribution in [0.5, 0.6) is 0 Å². The average molecular weight is 200 g/mol. The second kappa shape index (κ2) is 6.15. The Morgan fingerprint density at radius 1 is 1.50 bits per heavy atom. The summed E-state index contributed by atoms with van der Waals surface area (Å²) in [5.41, 5.74) is 5.14. The highest BCUT2D eigenvalue weighted by atomic mass is 16.4. The largest absolute Gasteiger partial charge is 0.478 e. The smallest absolute Gasteiger partial charge is 0.328 e. The molecule has 1 unspecified atom stereocenters. The lowest BCUT2D eigenvalue weighted by Crippen LogP contribution is -2.45. The van der Waals surface area contributed by atoms with Crippen molar-refractivity contribution in [1.29, 1.82) is 0 Å². The van der Waals surface area contributed by atoms with Crippen molar-refractivity contribution < 1.29 is 14.7 Å². The molecule has 0 radical (unpaired) electrons. The molecule has 0 fully saturated rings. The molecule has 0 aromatic rings. The molecular formula is C9H16N2O3. The van der Waals surface area contributed by atoms with Crippen molar-refractivity contribution in [3.8, 4) is 0 Å². The van der Waals surface area contributed by atoms with Crippen LogP contribution in [0.15, 0.2) is 12.2 Å². The van der Waals surface area contributed by atoms with Crippen LogP contribution >= 0.6 is 0 Å². The normalized spacial score (nSPS) is 13.4. The van der Waals surface area contributed by atoms with E-state index in [2.05, 4.69) is 5.32 Å². The lowest BCUT2D eigenvalue weighted by molar-refractivity contribution is -0.131. The molecule has 0 spiro atoms. The van der Waals surface area contributed by atoms with Crippen LogP contribution in [0.4, 0.5) is 0 Å². The van der Waals surface area contributed by atoms with Crippen molar-refractivity contribution in [2.24, 2.45) is 11.7 Å². The van der Waals surface area contributed by atoms with E-state index >= 15 is 0 Å². The van der Waals surface area contributed by atoms with Gasteiger partial charge in [0.15, 0.2) is 0 Å². The highest BCUT2D eigenvalue weighted by Crippen LogP contribution is 1.99. The molecule has 80 valence electrons. The zero-order valence-electron chi connectivity index (χ0n) is 8.36. The molecule has 1 amide bonds. The lowest BCUT2D eigenvalue weighted by Gasteiger charge is -2.17. The summed E-state index contributed by atoms with van der Waals surface area (Å²) in [5, 5.41) is 11.1. The van der Waals surface area contributed by atoms with Crippen molar-refractivity contribution in [3.05, 3.63) is 12.2 Å². The van der Waals surface area contributed by atoms with E-state index in [4.69, 9.17) is 10.8 Å². The van der Waals surface area contributed by atoms with E-state index in [1.807, 2.05) is 13.8 Å². The van der Waals surface area contributed by atoms with Gasteiger partial charge in [0, 0.05) is 12.6 Å². The molecule has 0 aliphatic carbocycles. The fraction of sp³-hybridized carbons (Fsp3) is 0.556. The van der Waals surface area contributed by atoms with Crippen LogP contribution < -0.4 is 11.1 Å². The van der Waals surface area contributed by atoms with Gasteiger partial charge < -0.3 is 16.2 Å². The van der Waals surface area contributed by atoms with Crippen LogP contribution in [-0.2, 0) is 9.59 Å². The summed E-state index contributed by atoms with van der Waals surface area (Å²) >= 11 is 0. The van der Waals surface area contributed by atoms with E-state index in [0.717, 1.165) is 6.08 Å². The SMILES string of the molecule is CC(C)C(NC/C=C/C(=O)O)C(N)=O. The number of carboxylic acids is 1. The maximum absolute atomic E-state index is 10.9. The number of hydrogen-bond donors (Lipinski definition) is 3. The minimum absolute atomic E-state index is 0.0886. The zero-order chi connectivity index (χ0) is 11.1. The molecule has 0 aromatic heterocycles. The van der Waals surface area contributed by atoms with Gasteiger partial charge in [0.05, 0.1) is 6.04 Å². The Labute approximate surface area is 83.0 Å². The van der Waals surface area contributed by atoms with Crippen molar-refractivity contribution in [1.82, 2.24) is 5.32 Å². The van der Waals surface area contributed by atoms with Crippen molar-refractivity contribution in [2.45, 2.75) is 19.9 Å². The second-order valence-corrected chi connectivity index (χ2v) is 3.27. The van der Waals surface area contributed by atoms with Crippen LogP contribution in [0, 0.1) is 5.92 Å². The molecule has 0 saturated heterocycles. The number of amides is 1. The van der Waals surface area contributed by atoms with Gasteiger partial charge in [-0.15, -0.1) is 0 Å². The quantitative estimate of drug-likeness (QED) is 0.514. The Morgan fingerprint density at radius 2 is 2.07 bits per heavy atom. The van der Waals surface area contributed by atoms with Gasteiger partial charge in [0.25, 0.3) is 0 Å². The molecule has 0 saturated carbocycles. The van der Waals surface area contributed by atoms with E-state index in [9.17, 15) is 9.59 Å². The first-order chi connectivity index (χ1) is 6.45. The molecule has 4 N–H and O–H groups in total. The average Bonchev–Trinajstić information content (AvgIpc) is 2.01. The number of primary amides is 1. The second-order valence-electron chi connectivity index (χ2n) is 3.27. The number of hydrogen-bond acceptors (Lipinski definition) is 3. The third-order valence-corrected chi connectivity index (χ3v) is 1.69. The first kappa shape index (κ1) is 12.6. The highest BCUT2D eigenvalue weighted by molar-refractivity contribution is 5.80. The minimum atomic E-state index is -1.01. The fourth-order valence-electron chi connectivity index (χ4n) is 1.02. The summed E-state index contributed by atoms with van der Waals surface area (Å²) in [5.74, 6) is -1.35. The predicted molar refractivity (Wildman–Crippen MR) is 52.6 cm³/mol. The number of carbonyl (C=O) groups excluding carboxylic acids is 1. The van der Waals surface area contributed by atoms with Gasteiger partial charge in [-0.2, -0.15) is 0 Å². The summed E-state index contributed by atoms with van der Waals surface area (Å²) in [6, 6.07) is -0.423. The lowest BCUT2D eigenvalue weighted by atomic mass is 10.0. The third-order valence-electron chi connectivity index (χ3n) is 1.69. The molecule has 0 aliphatic rings. The summed E-state index contributed by atoms with van der Waals surface area (Å²) in [6.07, 6.45) is 2.45. The van der Waals surface area contributed by atoms with Crippen LogP contribution in [0.3, 0.4) is 0 Å². The maximum atomic E-state index is 10.9. The first-order valence-electron chi connectivity index (χ1n) is 4.37. The molecule has 0 rings (SSSR count). The molecule has 14 heavy (non-hydrogen) atoms. The third kappa shape index (κ3) is 5.31. The maximum Gasteiger partial charge on any atom is 0.328 e. The Balaban J connectivity index is 3.95. The van der Waals surface area contributed by atoms with E-state index in [0.29, 0.717) is 6.54 Å². The number of aliphatic carboxylic acids is 1. The molecule has 1 atom stereocenters. The van der Waals surface area contributed by atoms with Gasteiger partial charge >= 0.3 is 5.97 Å². The van der Waals surface area contributed by atoms with E-state index in [1.165, 1.54) is 6.08 Å². The van der Waals surface area contributed by atoms with E-state index in [-0.39, 0.29) is 5.92 Å². The summed E-state index contributed by atoms with van der Waals surface area (Å²) < 4.78 is 0. The van der Waals surface area contributed by atoms with Gasteiger partial charge in [-0.25, -0.2) is 4.79 Å². The number of carboxylic acid groups (broad SMARTS) is 1. The van der Waals surface area contributed by atoms with Crippen LogP contribution in [0.2, 0.25) is 0 Å². The van der Waals surface area contributed by atoms with Gasteiger partial charge in [-0.05, 0) is 5.92 Å². The number of rotatable bonds is 6. The molecule has 5 heteroatoms. The monoisotopic (exact) mass is 200 g/mol. The van der Waals surface area contributed by atoms with Crippen molar-refractivity contribution in [2.75, 3.05) is 6.54 Å². The predicted octanol–water partition coefficient (Wildman–Crippen LogP) is -0.273. The standard InChI is InChI=1S/C9H16N2O3/c1-6(2)8(9(10)14)11-5-3-4-7(12)13/h3-4,6,8,11H,5H2,1-2H3,(H2,10,14)(H,12,13)/b4-3+. The summed E-state index contributed by atoms with van der Waals surface area (Å²) in [6.45, 7) is 4.05. The van der Waals surface area contributed by atoms with Crippen LogP contribution in [-0.4, -0.2) is 29.6 Å².